The monoisotopic (exact) mass is 189 g/mol. The molecule has 1 aromatic carbocycles. The maximum atomic E-state index is 8.85. The van der Waals surface area contributed by atoms with Gasteiger partial charge >= 0.3 is 0 Å². The Morgan fingerprint density at radius 2 is 2.23 bits per heavy atom. The first-order chi connectivity index (χ1) is 6.24. The molecule has 0 fully saturated rings. The lowest BCUT2D eigenvalue weighted by Gasteiger charge is -1.99. The second kappa shape index (κ2) is 2.79. The Morgan fingerprint density at radius 1 is 1.46 bits per heavy atom. The Bertz CT molecular complexity index is 507. The zero-order valence-corrected chi connectivity index (χ0v) is 8.14. The maximum Gasteiger partial charge on any atom is 0.109 e. The molecule has 0 amide bonds. The maximum absolute atomic E-state index is 8.85. The predicted molar refractivity (Wildman–Crippen MR) is 51.6 cm³/mol. The molecule has 64 valence electrons. The van der Waals surface area contributed by atoms with Crippen LogP contribution in [0.5, 0.6) is 0 Å². The van der Waals surface area contributed by atoms with Gasteiger partial charge in [0.15, 0.2) is 0 Å². The van der Waals surface area contributed by atoms with Crippen molar-refractivity contribution < 1.29 is 0 Å². The van der Waals surface area contributed by atoms with Crippen LogP contribution in [0.25, 0.3) is 10.2 Å². The number of nitriles is 1. The van der Waals surface area contributed by atoms with E-state index in [0.717, 1.165) is 26.9 Å². The van der Waals surface area contributed by atoms with Gasteiger partial charge in [0.2, 0.25) is 0 Å². The molecule has 1 aromatic heterocycles. The molecule has 0 aliphatic rings. The van der Waals surface area contributed by atoms with Gasteiger partial charge in [0.05, 0.1) is 16.3 Å². The number of fused-ring (bicyclic) bond motifs is 1. The first-order valence-electron chi connectivity index (χ1n) is 3.86. The van der Waals surface area contributed by atoms with Gasteiger partial charge in [-0.15, -0.1) is 5.10 Å². The quantitative estimate of drug-likeness (QED) is 0.638. The zero-order chi connectivity index (χ0) is 9.42. The van der Waals surface area contributed by atoms with Crippen molar-refractivity contribution in [3.8, 4) is 6.07 Å². The van der Waals surface area contributed by atoms with Gasteiger partial charge in [-0.25, -0.2) is 0 Å². The molecule has 0 N–H and O–H groups in total. The standard InChI is InChI=1S/C9H7N3S/c1-5-3-7(4-10)6(2)9-8(5)11-12-13-9/h3H,1-2H3. The second-order valence-corrected chi connectivity index (χ2v) is 3.68. The molecule has 0 aliphatic carbocycles. The van der Waals surface area contributed by atoms with Crippen molar-refractivity contribution in [1.29, 1.82) is 5.26 Å². The van der Waals surface area contributed by atoms with E-state index in [4.69, 9.17) is 5.26 Å². The zero-order valence-electron chi connectivity index (χ0n) is 7.33. The third-order valence-corrected chi connectivity index (χ3v) is 2.93. The Kier molecular flexibility index (Phi) is 1.74. The summed E-state index contributed by atoms with van der Waals surface area (Å²) in [5, 5.41) is 12.9. The third-order valence-electron chi connectivity index (χ3n) is 2.09. The van der Waals surface area contributed by atoms with Crippen molar-refractivity contribution in [1.82, 2.24) is 9.59 Å². The normalized spacial score (nSPS) is 10.2. The summed E-state index contributed by atoms with van der Waals surface area (Å²) in [4.78, 5) is 0. The number of hydrogen-bond acceptors (Lipinski definition) is 4. The lowest BCUT2D eigenvalue weighted by Crippen LogP contribution is -1.86. The number of aromatic nitrogens is 2. The van der Waals surface area contributed by atoms with Gasteiger partial charge in [0, 0.05) is 0 Å². The van der Waals surface area contributed by atoms with E-state index in [0.29, 0.717) is 0 Å². The van der Waals surface area contributed by atoms with E-state index in [-0.39, 0.29) is 0 Å². The van der Waals surface area contributed by atoms with Gasteiger partial charge in [-0.05, 0) is 42.6 Å². The molecule has 0 radical (unpaired) electrons. The first-order valence-corrected chi connectivity index (χ1v) is 4.63. The molecule has 0 saturated carbocycles. The van der Waals surface area contributed by atoms with Crippen LogP contribution in [0.2, 0.25) is 0 Å². The first kappa shape index (κ1) is 8.14. The summed E-state index contributed by atoms with van der Waals surface area (Å²) in [7, 11) is 0. The number of hydrogen-bond donors (Lipinski definition) is 0. The van der Waals surface area contributed by atoms with Gasteiger partial charge in [0.25, 0.3) is 0 Å². The van der Waals surface area contributed by atoms with Crippen molar-refractivity contribution >= 4 is 21.7 Å². The minimum absolute atomic E-state index is 0.719. The van der Waals surface area contributed by atoms with E-state index in [1.165, 1.54) is 11.5 Å². The molecule has 0 unspecified atom stereocenters. The Labute approximate surface area is 79.8 Å². The molecule has 3 nitrogen and oxygen atoms in total. The number of nitrogens with zero attached hydrogens (tertiary/aromatic N) is 3. The van der Waals surface area contributed by atoms with Crippen molar-refractivity contribution in [3.05, 3.63) is 22.8 Å². The lowest BCUT2D eigenvalue weighted by molar-refractivity contribution is 1.19. The summed E-state index contributed by atoms with van der Waals surface area (Å²) < 4.78 is 4.91. The predicted octanol–water partition coefficient (Wildman–Crippen LogP) is 2.18. The van der Waals surface area contributed by atoms with Crippen LogP contribution in [0.4, 0.5) is 0 Å². The van der Waals surface area contributed by atoms with Gasteiger partial charge in [-0.3, -0.25) is 0 Å². The molecule has 0 aliphatic heterocycles. The highest BCUT2D eigenvalue weighted by atomic mass is 32.1. The molecule has 4 heteroatoms. The van der Waals surface area contributed by atoms with Gasteiger partial charge in [0.1, 0.15) is 5.52 Å². The molecule has 13 heavy (non-hydrogen) atoms. The van der Waals surface area contributed by atoms with Crippen molar-refractivity contribution in [2.45, 2.75) is 13.8 Å². The topological polar surface area (TPSA) is 49.6 Å². The highest BCUT2D eigenvalue weighted by Gasteiger charge is 2.09. The van der Waals surface area contributed by atoms with Crippen molar-refractivity contribution in [2.75, 3.05) is 0 Å². The molecular weight excluding hydrogens is 182 g/mol. The van der Waals surface area contributed by atoms with Crippen molar-refractivity contribution in [2.24, 2.45) is 0 Å². The van der Waals surface area contributed by atoms with E-state index in [1.807, 2.05) is 19.9 Å². The summed E-state index contributed by atoms with van der Waals surface area (Å²) in [5.74, 6) is 0. The smallest absolute Gasteiger partial charge is 0.109 e. The number of aryl methyl sites for hydroxylation is 2. The molecule has 1 heterocycles. The van der Waals surface area contributed by atoms with Crippen LogP contribution in [-0.2, 0) is 0 Å². The van der Waals surface area contributed by atoms with Crippen LogP contribution in [0.15, 0.2) is 6.07 Å². The minimum atomic E-state index is 0.719. The lowest BCUT2D eigenvalue weighted by atomic mass is 10.1. The third kappa shape index (κ3) is 1.09. The summed E-state index contributed by atoms with van der Waals surface area (Å²) in [6.45, 7) is 3.88. The van der Waals surface area contributed by atoms with Crippen LogP contribution in [0.1, 0.15) is 16.7 Å². The average Bonchev–Trinajstić information content (AvgIpc) is 2.60. The summed E-state index contributed by atoms with van der Waals surface area (Å²) in [5.41, 5.74) is 3.64. The second-order valence-electron chi connectivity index (χ2n) is 2.93. The molecule has 0 saturated heterocycles. The van der Waals surface area contributed by atoms with Crippen LogP contribution < -0.4 is 0 Å². The molecule has 0 bridgehead atoms. The molecular formula is C9H7N3S. The fourth-order valence-electron chi connectivity index (χ4n) is 1.33. The van der Waals surface area contributed by atoms with E-state index in [2.05, 4.69) is 15.7 Å². The molecule has 0 atom stereocenters. The van der Waals surface area contributed by atoms with Crippen LogP contribution in [0, 0.1) is 25.2 Å². The fraction of sp³-hybridized carbons (Fsp3) is 0.222. The van der Waals surface area contributed by atoms with Gasteiger partial charge in [-0.1, -0.05) is 4.49 Å². The Hall–Kier alpha value is -1.47. The largest absolute Gasteiger partial charge is 0.192 e. The van der Waals surface area contributed by atoms with Crippen LogP contribution >= 0.6 is 11.5 Å². The van der Waals surface area contributed by atoms with E-state index < -0.39 is 0 Å². The minimum Gasteiger partial charge on any atom is -0.192 e. The van der Waals surface area contributed by atoms with E-state index >= 15 is 0 Å². The summed E-state index contributed by atoms with van der Waals surface area (Å²) in [6.07, 6.45) is 0. The van der Waals surface area contributed by atoms with Gasteiger partial charge < -0.3 is 0 Å². The Balaban J connectivity index is 2.95. The van der Waals surface area contributed by atoms with E-state index in [9.17, 15) is 0 Å². The number of benzene rings is 1. The van der Waals surface area contributed by atoms with Crippen molar-refractivity contribution in [3.63, 3.8) is 0 Å². The highest BCUT2D eigenvalue weighted by molar-refractivity contribution is 7.13. The van der Waals surface area contributed by atoms with Crippen LogP contribution in [0.3, 0.4) is 0 Å². The molecule has 2 rings (SSSR count). The summed E-state index contributed by atoms with van der Waals surface area (Å²) in [6, 6.07) is 4.03. The number of rotatable bonds is 0. The summed E-state index contributed by atoms with van der Waals surface area (Å²) >= 11 is 1.35. The molecule has 2 aromatic rings. The average molecular weight is 189 g/mol. The fourth-order valence-corrected chi connectivity index (χ4v) is 2.07. The Morgan fingerprint density at radius 3 is 2.92 bits per heavy atom. The van der Waals surface area contributed by atoms with Crippen LogP contribution in [-0.4, -0.2) is 9.59 Å². The SMILES string of the molecule is Cc1cc(C#N)c(C)c2snnc12. The molecule has 0 spiro atoms. The van der Waals surface area contributed by atoms with E-state index in [1.54, 1.807) is 0 Å². The van der Waals surface area contributed by atoms with Gasteiger partial charge in [-0.2, -0.15) is 5.26 Å². The highest BCUT2D eigenvalue weighted by Crippen LogP contribution is 2.25.